The van der Waals surface area contributed by atoms with E-state index in [2.05, 4.69) is 5.32 Å². The highest BCUT2D eigenvalue weighted by atomic mass is 16.6. The van der Waals surface area contributed by atoms with E-state index in [9.17, 15) is 25.3 Å². The number of anilines is 1. The van der Waals surface area contributed by atoms with Crippen molar-refractivity contribution in [3.05, 3.63) is 63.2 Å². The van der Waals surface area contributed by atoms with Gasteiger partial charge in [-0.15, -0.1) is 0 Å². The van der Waals surface area contributed by atoms with E-state index in [1.54, 1.807) is 25.1 Å². The zero-order valence-electron chi connectivity index (χ0n) is 14.7. The number of aryl methyl sites for hydroxylation is 1. The first kappa shape index (κ1) is 19.5. The lowest BCUT2D eigenvalue weighted by Gasteiger charge is -2.09. The summed E-state index contributed by atoms with van der Waals surface area (Å²) in [7, 11) is 0. The topological polar surface area (TPSA) is 125 Å². The minimum atomic E-state index is -0.769. The number of carbonyl (C=O) groups excluding carboxylic acids is 1. The summed E-state index contributed by atoms with van der Waals surface area (Å²) < 4.78 is 5.19. The van der Waals surface area contributed by atoms with Gasteiger partial charge < -0.3 is 15.2 Å². The molecule has 0 saturated carbocycles. The number of benzene rings is 2. The first-order chi connectivity index (χ1) is 12.9. The second-order valence-corrected chi connectivity index (χ2v) is 5.52. The maximum absolute atomic E-state index is 12.4. The molecule has 0 atom stereocenters. The van der Waals surface area contributed by atoms with Gasteiger partial charge in [0.15, 0.2) is 5.75 Å². The smallest absolute Gasteiger partial charge is 0.315 e. The van der Waals surface area contributed by atoms with Crippen molar-refractivity contribution in [1.29, 1.82) is 5.26 Å². The molecule has 0 unspecified atom stereocenters. The van der Waals surface area contributed by atoms with Crippen molar-refractivity contribution in [2.24, 2.45) is 0 Å². The summed E-state index contributed by atoms with van der Waals surface area (Å²) in [6.45, 7) is 3.64. The number of nitriles is 1. The van der Waals surface area contributed by atoms with Crippen LogP contribution < -0.4 is 10.1 Å². The number of nitro benzene ring substituents is 1. The van der Waals surface area contributed by atoms with Gasteiger partial charge in [0, 0.05) is 11.8 Å². The third-order valence-corrected chi connectivity index (χ3v) is 3.64. The molecule has 2 rings (SSSR count). The number of nitro groups is 1. The van der Waals surface area contributed by atoms with Crippen molar-refractivity contribution in [3.63, 3.8) is 0 Å². The standard InChI is InChI=1S/C19H17N3O5/c1-3-27-17-10-13(9-16(18(17)23)22(25)26)8-14(11-20)19(24)21-15-7-5-4-6-12(15)2/h4-10,23H,3H2,1-2H3,(H,21,24)/b14-8+. The van der Waals surface area contributed by atoms with E-state index in [1.807, 2.05) is 19.1 Å². The van der Waals surface area contributed by atoms with E-state index in [1.165, 1.54) is 12.1 Å². The number of amides is 1. The fraction of sp³-hybridized carbons (Fsp3) is 0.158. The molecule has 0 bridgehead atoms. The van der Waals surface area contributed by atoms with Gasteiger partial charge in [0.2, 0.25) is 5.75 Å². The van der Waals surface area contributed by atoms with Crippen LogP contribution in [0.15, 0.2) is 42.0 Å². The lowest BCUT2D eigenvalue weighted by atomic mass is 10.1. The number of rotatable bonds is 6. The molecule has 27 heavy (non-hydrogen) atoms. The van der Waals surface area contributed by atoms with Gasteiger partial charge in [-0.05, 0) is 43.2 Å². The van der Waals surface area contributed by atoms with Crippen LogP contribution in [0.1, 0.15) is 18.1 Å². The summed E-state index contributed by atoms with van der Waals surface area (Å²) in [6, 6.07) is 11.2. The summed E-state index contributed by atoms with van der Waals surface area (Å²) >= 11 is 0. The van der Waals surface area contributed by atoms with E-state index >= 15 is 0 Å². The second kappa shape index (κ2) is 8.49. The van der Waals surface area contributed by atoms with Crippen LogP contribution in [0.4, 0.5) is 11.4 Å². The van der Waals surface area contributed by atoms with Crippen molar-refractivity contribution in [3.8, 4) is 17.6 Å². The van der Waals surface area contributed by atoms with Gasteiger partial charge in [0.25, 0.3) is 5.91 Å². The molecular formula is C19H17N3O5. The molecule has 0 spiro atoms. The molecule has 0 fully saturated rings. The number of aromatic hydroxyl groups is 1. The fourth-order valence-corrected chi connectivity index (χ4v) is 2.32. The van der Waals surface area contributed by atoms with Crippen LogP contribution in [-0.4, -0.2) is 22.5 Å². The normalized spacial score (nSPS) is 10.8. The van der Waals surface area contributed by atoms with Crippen LogP contribution in [0, 0.1) is 28.4 Å². The van der Waals surface area contributed by atoms with E-state index in [0.29, 0.717) is 5.69 Å². The first-order valence-corrected chi connectivity index (χ1v) is 8.00. The highest BCUT2D eigenvalue weighted by Crippen LogP contribution is 2.37. The Hall–Kier alpha value is -3.86. The Morgan fingerprint density at radius 3 is 2.70 bits per heavy atom. The van der Waals surface area contributed by atoms with Crippen LogP contribution >= 0.6 is 0 Å². The minimum absolute atomic E-state index is 0.102. The molecule has 8 heteroatoms. The first-order valence-electron chi connectivity index (χ1n) is 8.00. The van der Waals surface area contributed by atoms with Crippen LogP contribution in [0.3, 0.4) is 0 Å². The predicted octanol–water partition coefficient (Wildman–Crippen LogP) is 3.55. The number of phenolic OH excluding ortho intramolecular Hbond substituents is 1. The second-order valence-electron chi connectivity index (χ2n) is 5.52. The number of nitrogens with zero attached hydrogens (tertiary/aromatic N) is 2. The highest BCUT2D eigenvalue weighted by Gasteiger charge is 2.20. The maximum Gasteiger partial charge on any atom is 0.315 e. The largest absolute Gasteiger partial charge is 0.500 e. The average Bonchev–Trinajstić information content (AvgIpc) is 2.63. The molecule has 0 aliphatic heterocycles. The molecule has 2 aromatic carbocycles. The molecule has 8 nitrogen and oxygen atoms in total. The van der Waals surface area contributed by atoms with Crippen LogP contribution in [0.2, 0.25) is 0 Å². The van der Waals surface area contributed by atoms with Crippen molar-refractivity contribution in [2.45, 2.75) is 13.8 Å². The van der Waals surface area contributed by atoms with Crippen LogP contribution in [0.5, 0.6) is 11.5 Å². The van der Waals surface area contributed by atoms with Crippen molar-refractivity contribution >= 4 is 23.4 Å². The Labute approximate surface area is 155 Å². The van der Waals surface area contributed by atoms with Crippen LogP contribution in [-0.2, 0) is 4.79 Å². The SMILES string of the molecule is CCOc1cc(/C=C(\C#N)C(=O)Nc2ccccc2C)cc([N+](=O)[O-])c1O. The van der Waals surface area contributed by atoms with Crippen molar-refractivity contribution in [2.75, 3.05) is 11.9 Å². The molecule has 2 N–H and O–H groups in total. The number of para-hydroxylation sites is 1. The molecule has 1 amide bonds. The molecule has 138 valence electrons. The molecular weight excluding hydrogens is 350 g/mol. The summed E-state index contributed by atoms with van der Waals surface area (Å²) in [5, 5.41) is 33.0. The highest BCUT2D eigenvalue weighted by molar-refractivity contribution is 6.10. The Morgan fingerprint density at radius 2 is 2.11 bits per heavy atom. The number of carbonyl (C=O) groups is 1. The zero-order valence-corrected chi connectivity index (χ0v) is 14.7. The van der Waals surface area contributed by atoms with Gasteiger partial charge in [-0.3, -0.25) is 14.9 Å². The fourth-order valence-electron chi connectivity index (χ4n) is 2.32. The minimum Gasteiger partial charge on any atom is -0.500 e. The monoisotopic (exact) mass is 367 g/mol. The molecule has 0 aliphatic rings. The van der Waals surface area contributed by atoms with E-state index in [-0.39, 0.29) is 23.5 Å². The summed E-state index contributed by atoms with van der Waals surface area (Å²) in [6.07, 6.45) is 1.20. The maximum atomic E-state index is 12.4. The Bertz CT molecular complexity index is 960. The number of ether oxygens (including phenoxy) is 1. The molecule has 0 saturated heterocycles. The molecule has 0 aliphatic carbocycles. The van der Waals surface area contributed by atoms with Gasteiger partial charge in [-0.1, -0.05) is 18.2 Å². The predicted molar refractivity (Wildman–Crippen MR) is 99.3 cm³/mol. The molecule has 0 radical (unpaired) electrons. The van der Waals surface area contributed by atoms with E-state index < -0.39 is 22.3 Å². The van der Waals surface area contributed by atoms with E-state index in [4.69, 9.17) is 4.74 Å². The zero-order chi connectivity index (χ0) is 20.0. The number of nitrogens with one attached hydrogen (secondary N) is 1. The third-order valence-electron chi connectivity index (χ3n) is 3.64. The Balaban J connectivity index is 2.42. The summed E-state index contributed by atoms with van der Waals surface area (Å²) in [5.74, 6) is -1.36. The lowest BCUT2D eigenvalue weighted by molar-refractivity contribution is -0.386. The number of phenols is 1. The Kier molecular flexibility index (Phi) is 6.12. The van der Waals surface area contributed by atoms with E-state index in [0.717, 1.165) is 11.6 Å². The van der Waals surface area contributed by atoms with Crippen molar-refractivity contribution < 1.29 is 19.6 Å². The van der Waals surface area contributed by atoms with Gasteiger partial charge >= 0.3 is 5.69 Å². The lowest BCUT2D eigenvalue weighted by Crippen LogP contribution is -2.14. The van der Waals surface area contributed by atoms with Gasteiger partial charge in [0.1, 0.15) is 11.6 Å². The number of hydrogen-bond acceptors (Lipinski definition) is 6. The van der Waals surface area contributed by atoms with Gasteiger partial charge in [0.05, 0.1) is 11.5 Å². The molecule has 2 aromatic rings. The Morgan fingerprint density at radius 1 is 1.41 bits per heavy atom. The van der Waals surface area contributed by atoms with Crippen LogP contribution in [0.25, 0.3) is 6.08 Å². The van der Waals surface area contributed by atoms with Gasteiger partial charge in [-0.2, -0.15) is 5.26 Å². The average molecular weight is 367 g/mol. The summed E-state index contributed by atoms with van der Waals surface area (Å²) in [5.41, 5.74) is 0.723. The quantitative estimate of drug-likeness (QED) is 0.348. The van der Waals surface area contributed by atoms with Crippen molar-refractivity contribution in [1.82, 2.24) is 0 Å². The molecule has 0 heterocycles. The summed E-state index contributed by atoms with van der Waals surface area (Å²) in [4.78, 5) is 22.7. The van der Waals surface area contributed by atoms with Gasteiger partial charge in [-0.25, -0.2) is 0 Å². The molecule has 0 aromatic heterocycles. The number of hydrogen-bond donors (Lipinski definition) is 2. The third kappa shape index (κ3) is 4.61.